The predicted octanol–water partition coefficient (Wildman–Crippen LogP) is 2.29. The van der Waals surface area contributed by atoms with E-state index in [1.807, 2.05) is 28.7 Å². The number of rotatable bonds is 2. The van der Waals surface area contributed by atoms with Crippen LogP contribution in [0.15, 0.2) is 12.1 Å². The van der Waals surface area contributed by atoms with E-state index in [0.29, 0.717) is 3.57 Å². The molecule has 0 aromatic heterocycles. The number of Topliss-reactive ketones (excluding diaryl/α,β-unsaturated/α-hetero) is 1. The summed E-state index contributed by atoms with van der Waals surface area (Å²) in [5, 5.41) is 18.3. The Morgan fingerprint density at radius 2 is 2.29 bits per heavy atom. The minimum absolute atomic E-state index is 0.0944. The smallest absolute Gasteiger partial charge is 0.181 e. The first kappa shape index (κ1) is 11.3. The maximum absolute atomic E-state index is 11.2. The number of ketones is 1. The van der Waals surface area contributed by atoms with E-state index in [1.54, 1.807) is 6.07 Å². The molecule has 0 aliphatic carbocycles. The van der Waals surface area contributed by atoms with Gasteiger partial charge in [-0.2, -0.15) is 5.26 Å². The van der Waals surface area contributed by atoms with Crippen molar-refractivity contribution < 1.29 is 9.90 Å². The van der Waals surface area contributed by atoms with E-state index in [0.717, 1.165) is 0 Å². The van der Waals surface area contributed by atoms with Crippen LogP contribution in [-0.2, 0) is 0 Å². The first-order valence-electron chi connectivity index (χ1n) is 3.62. The van der Waals surface area contributed by atoms with E-state index in [9.17, 15) is 9.90 Å². The molecule has 0 bridgehead atoms. The third kappa shape index (κ3) is 1.99. The minimum Gasteiger partial charge on any atom is -0.506 e. The van der Waals surface area contributed by atoms with E-state index < -0.39 is 5.78 Å². The summed E-state index contributed by atoms with van der Waals surface area (Å²) in [7, 11) is 0. The van der Waals surface area contributed by atoms with Gasteiger partial charge in [0.05, 0.1) is 11.4 Å². The van der Waals surface area contributed by atoms with Crippen LogP contribution in [0.5, 0.6) is 5.75 Å². The fraction of sp³-hybridized carbons (Fsp3) is 0.111. The summed E-state index contributed by atoms with van der Waals surface area (Å²) in [5.41, 5.74) is 0.207. The predicted molar refractivity (Wildman–Crippen MR) is 60.6 cm³/mol. The number of nitriles is 1. The van der Waals surface area contributed by atoms with Gasteiger partial charge in [-0.1, -0.05) is 0 Å². The van der Waals surface area contributed by atoms with Gasteiger partial charge in [0.1, 0.15) is 17.4 Å². The van der Waals surface area contributed by atoms with Crippen molar-refractivity contribution in [3.8, 4) is 11.8 Å². The van der Waals surface area contributed by atoms with Crippen LogP contribution in [0, 0.1) is 14.9 Å². The van der Waals surface area contributed by atoms with Crippen LogP contribution in [0.2, 0.25) is 0 Å². The summed E-state index contributed by atoms with van der Waals surface area (Å²) < 4.78 is 0.605. The number of carbonyl (C=O) groups is 1. The van der Waals surface area contributed by atoms with Crippen LogP contribution in [0.3, 0.4) is 0 Å². The molecule has 0 saturated heterocycles. The molecule has 0 atom stereocenters. The second-order valence-corrected chi connectivity index (χ2v) is 3.92. The number of benzene rings is 1. The van der Waals surface area contributed by atoms with Crippen LogP contribution in [0.4, 0.5) is 0 Å². The average Bonchev–Trinajstić information content (AvgIpc) is 2.18. The molecule has 72 valence electrons. The maximum Gasteiger partial charge on any atom is 0.181 e. The first-order valence-corrected chi connectivity index (χ1v) is 5.24. The van der Waals surface area contributed by atoms with E-state index in [-0.39, 0.29) is 22.8 Å². The van der Waals surface area contributed by atoms with Gasteiger partial charge in [-0.3, -0.25) is 4.79 Å². The van der Waals surface area contributed by atoms with Crippen LogP contribution in [-0.4, -0.2) is 16.8 Å². The summed E-state index contributed by atoms with van der Waals surface area (Å²) in [6, 6.07) is 4.89. The molecule has 0 amide bonds. The van der Waals surface area contributed by atoms with Gasteiger partial charge in [-0.25, -0.2) is 0 Å². The third-order valence-electron chi connectivity index (χ3n) is 1.66. The van der Waals surface area contributed by atoms with E-state index >= 15 is 0 Å². The van der Waals surface area contributed by atoms with Gasteiger partial charge in [-0.15, -0.1) is 11.6 Å². The summed E-state index contributed by atoms with van der Waals surface area (Å²) in [6.45, 7) is 0. The fourth-order valence-electron chi connectivity index (χ4n) is 0.970. The number of nitrogens with zero attached hydrogens (tertiary/aromatic N) is 1. The zero-order valence-corrected chi connectivity index (χ0v) is 9.83. The molecule has 3 nitrogen and oxygen atoms in total. The van der Waals surface area contributed by atoms with E-state index in [4.69, 9.17) is 16.9 Å². The lowest BCUT2D eigenvalue weighted by atomic mass is 10.1. The first-order chi connectivity index (χ1) is 6.61. The van der Waals surface area contributed by atoms with Crippen molar-refractivity contribution in [2.24, 2.45) is 0 Å². The van der Waals surface area contributed by atoms with Crippen LogP contribution < -0.4 is 0 Å². The second-order valence-electron chi connectivity index (χ2n) is 2.49. The largest absolute Gasteiger partial charge is 0.506 e. The lowest BCUT2D eigenvalue weighted by Crippen LogP contribution is -2.02. The van der Waals surface area contributed by atoms with Crippen molar-refractivity contribution in [3.05, 3.63) is 26.8 Å². The molecule has 1 rings (SSSR count). The van der Waals surface area contributed by atoms with Crippen molar-refractivity contribution in [3.63, 3.8) is 0 Å². The molecule has 5 heteroatoms. The normalized spacial score (nSPS) is 9.50. The number of phenolic OH excluding ortho intramolecular Hbond substituents is 1. The van der Waals surface area contributed by atoms with Gasteiger partial charge in [0.25, 0.3) is 0 Å². The Kier molecular flexibility index (Phi) is 3.72. The molecule has 0 aliphatic rings. The monoisotopic (exact) mass is 321 g/mol. The molecule has 0 fully saturated rings. The summed E-state index contributed by atoms with van der Waals surface area (Å²) in [4.78, 5) is 11.2. The highest BCUT2D eigenvalue weighted by Gasteiger charge is 2.15. The number of carbonyl (C=O) groups excluding carboxylic acids is 1. The van der Waals surface area contributed by atoms with Crippen molar-refractivity contribution >= 4 is 40.0 Å². The van der Waals surface area contributed by atoms with E-state index in [2.05, 4.69) is 0 Å². The second kappa shape index (κ2) is 4.62. The van der Waals surface area contributed by atoms with Gasteiger partial charge in [0, 0.05) is 3.57 Å². The molecule has 1 N–H and O–H groups in total. The number of hydrogen-bond acceptors (Lipinski definition) is 3. The quantitative estimate of drug-likeness (QED) is 0.516. The van der Waals surface area contributed by atoms with Crippen LogP contribution in [0.25, 0.3) is 0 Å². The molecule has 1 aromatic carbocycles. The fourth-order valence-corrected chi connectivity index (χ4v) is 1.67. The molecule has 0 aliphatic heterocycles. The highest BCUT2D eigenvalue weighted by molar-refractivity contribution is 14.1. The minimum atomic E-state index is -0.392. The highest BCUT2D eigenvalue weighted by Crippen LogP contribution is 2.26. The van der Waals surface area contributed by atoms with Crippen molar-refractivity contribution in [1.29, 1.82) is 5.26 Å². The highest BCUT2D eigenvalue weighted by atomic mass is 127. The molecule has 0 spiro atoms. The Labute approximate surface area is 99.4 Å². The SMILES string of the molecule is N#Cc1c(I)ccc(C(=O)CCl)c1O. The van der Waals surface area contributed by atoms with Crippen LogP contribution >= 0.6 is 34.2 Å². The number of alkyl halides is 1. The number of aromatic hydroxyl groups is 1. The molecule has 0 saturated carbocycles. The molecular formula is C9H5ClINO2. The summed E-state index contributed by atoms with van der Waals surface area (Å²) >= 11 is 7.26. The standard InChI is InChI=1S/C9H5ClINO2/c10-3-8(13)5-1-2-7(11)6(4-12)9(5)14/h1-2,14H,3H2. The average molecular weight is 322 g/mol. The lowest BCUT2D eigenvalue weighted by molar-refractivity contribution is 0.101. The topological polar surface area (TPSA) is 61.1 Å². The summed E-state index contributed by atoms with van der Waals surface area (Å²) in [5.74, 6) is -0.888. The molecule has 1 aromatic rings. The molecule has 0 radical (unpaired) electrons. The van der Waals surface area contributed by atoms with Gasteiger partial charge in [0.15, 0.2) is 5.78 Å². The Bertz CT molecular complexity index is 426. The number of hydrogen-bond donors (Lipinski definition) is 1. The number of halogens is 2. The Morgan fingerprint density at radius 1 is 1.64 bits per heavy atom. The molecule has 0 unspecified atom stereocenters. The third-order valence-corrected chi connectivity index (χ3v) is 2.80. The van der Waals surface area contributed by atoms with Crippen molar-refractivity contribution in [1.82, 2.24) is 0 Å². The van der Waals surface area contributed by atoms with Crippen LogP contribution in [0.1, 0.15) is 15.9 Å². The Morgan fingerprint density at radius 3 is 2.79 bits per heavy atom. The van der Waals surface area contributed by atoms with E-state index in [1.165, 1.54) is 6.07 Å². The van der Waals surface area contributed by atoms with Gasteiger partial charge in [0.2, 0.25) is 0 Å². The Hall–Kier alpha value is -0.800. The number of phenols is 1. The maximum atomic E-state index is 11.2. The zero-order chi connectivity index (χ0) is 10.7. The van der Waals surface area contributed by atoms with Crippen molar-refractivity contribution in [2.45, 2.75) is 0 Å². The Balaban J connectivity index is 3.37. The lowest BCUT2D eigenvalue weighted by Gasteiger charge is -2.04. The van der Waals surface area contributed by atoms with Gasteiger partial charge in [-0.05, 0) is 34.7 Å². The molecule has 0 heterocycles. The van der Waals surface area contributed by atoms with Gasteiger partial charge >= 0.3 is 0 Å². The zero-order valence-electron chi connectivity index (χ0n) is 6.92. The molecule has 14 heavy (non-hydrogen) atoms. The molecular weight excluding hydrogens is 316 g/mol. The van der Waals surface area contributed by atoms with Crippen molar-refractivity contribution in [2.75, 3.05) is 5.88 Å². The van der Waals surface area contributed by atoms with Gasteiger partial charge < -0.3 is 5.11 Å². The summed E-state index contributed by atoms with van der Waals surface area (Å²) in [6.07, 6.45) is 0.